The Balaban J connectivity index is 2.54. The highest BCUT2D eigenvalue weighted by Crippen LogP contribution is 2.34. The molecule has 3 N–H and O–H groups in total. The molecular formula is C14H10O6. The van der Waals surface area contributed by atoms with Crippen LogP contribution in [0, 0.1) is 0 Å². The molecule has 6 heteroatoms. The molecule has 3 aromatic rings. The van der Waals surface area contributed by atoms with Gasteiger partial charge in [-0.2, -0.15) is 0 Å². The maximum atomic E-state index is 12.3. The van der Waals surface area contributed by atoms with Crippen molar-refractivity contribution in [3.8, 4) is 23.0 Å². The molecule has 0 saturated carbocycles. The quantitative estimate of drug-likeness (QED) is 0.587. The van der Waals surface area contributed by atoms with Gasteiger partial charge in [0.1, 0.15) is 28.1 Å². The predicted octanol–water partition coefficient (Wildman–Crippen LogP) is 2.07. The van der Waals surface area contributed by atoms with Crippen LogP contribution in [-0.2, 0) is 0 Å². The number of benzene rings is 2. The zero-order valence-corrected chi connectivity index (χ0v) is 10.4. The molecule has 1 aromatic heterocycles. The van der Waals surface area contributed by atoms with Gasteiger partial charge in [-0.25, -0.2) is 0 Å². The minimum atomic E-state index is -0.503. The van der Waals surface area contributed by atoms with Crippen molar-refractivity contribution < 1.29 is 24.5 Å². The van der Waals surface area contributed by atoms with Gasteiger partial charge in [-0.1, -0.05) is 0 Å². The summed E-state index contributed by atoms with van der Waals surface area (Å²) in [6.07, 6.45) is 0. The van der Waals surface area contributed by atoms with E-state index in [-0.39, 0.29) is 44.9 Å². The molecule has 0 radical (unpaired) electrons. The Hall–Kier alpha value is -2.89. The molecule has 0 atom stereocenters. The first-order chi connectivity index (χ1) is 9.51. The van der Waals surface area contributed by atoms with Gasteiger partial charge in [0.05, 0.1) is 12.5 Å². The van der Waals surface area contributed by atoms with E-state index in [1.807, 2.05) is 0 Å². The van der Waals surface area contributed by atoms with Gasteiger partial charge in [-0.15, -0.1) is 0 Å². The maximum absolute atomic E-state index is 12.3. The minimum absolute atomic E-state index is 0.0488. The molecule has 0 aliphatic heterocycles. The summed E-state index contributed by atoms with van der Waals surface area (Å²) in [5.41, 5.74) is -0.272. The smallest absolute Gasteiger partial charge is 0.204 e. The third-order valence-corrected chi connectivity index (χ3v) is 3.04. The number of rotatable bonds is 1. The normalized spacial score (nSPS) is 11.1. The van der Waals surface area contributed by atoms with E-state index in [1.165, 1.54) is 25.3 Å². The van der Waals surface area contributed by atoms with Crippen molar-refractivity contribution >= 4 is 21.9 Å². The largest absolute Gasteiger partial charge is 0.508 e. The third-order valence-electron chi connectivity index (χ3n) is 3.04. The van der Waals surface area contributed by atoms with E-state index >= 15 is 0 Å². The first-order valence-electron chi connectivity index (χ1n) is 5.70. The summed E-state index contributed by atoms with van der Waals surface area (Å²) in [4.78, 5) is 12.3. The van der Waals surface area contributed by atoms with E-state index in [2.05, 4.69) is 0 Å². The molecule has 0 aliphatic rings. The summed E-state index contributed by atoms with van der Waals surface area (Å²) < 4.78 is 10.4. The Morgan fingerprint density at radius 3 is 2.45 bits per heavy atom. The van der Waals surface area contributed by atoms with Crippen LogP contribution >= 0.6 is 0 Å². The number of phenols is 3. The van der Waals surface area contributed by atoms with Gasteiger partial charge in [-0.3, -0.25) is 4.79 Å². The Bertz CT molecular complexity index is 894. The number of methoxy groups -OCH3 is 1. The molecule has 20 heavy (non-hydrogen) atoms. The average Bonchev–Trinajstić information content (AvgIpc) is 2.38. The summed E-state index contributed by atoms with van der Waals surface area (Å²) in [6.45, 7) is 0. The lowest BCUT2D eigenvalue weighted by molar-refractivity contribution is 0.373. The molecule has 0 amide bonds. The van der Waals surface area contributed by atoms with E-state index in [1.54, 1.807) is 0 Å². The van der Waals surface area contributed by atoms with Crippen LogP contribution in [0.3, 0.4) is 0 Å². The molecule has 102 valence electrons. The lowest BCUT2D eigenvalue weighted by Crippen LogP contribution is -2.02. The van der Waals surface area contributed by atoms with Gasteiger partial charge in [-0.05, 0) is 6.07 Å². The SMILES string of the molecule is COc1cc2oc3cc(O)cc(O)c3c(=O)c2cc1O. The Kier molecular flexibility index (Phi) is 2.47. The summed E-state index contributed by atoms with van der Waals surface area (Å²) in [5.74, 6) is -0.650. The van der Waals surface area contributed by atoms with E-state index in [4.69, 9.17) is 9.15 Å². The molecule has 0 fully saturated rings. The van der Waals surface area contributed by atoms with Crippen LogP contribution in [0.4, 0.5) is 0 Å². The van der Waals surface area contributed by atoms with E-state index < -0.39 is 5.43 Å². The Labute approximate surface area is 112 Å². The first kappa shape index (κ1) is 12.2. The van der Waals surface area contributed by atoms with Crippen LogP contribution in [0.15, 0.2) is 33.5 Å². The fourth-order valence-corrected chi connectivity index (χ4v) is 2.12. The zero-order chi connectivity index (χ0) is 14.4. The van der Waals surface area contributed by atoms with Crippen molar-refractivity contribution in [1.29, 1.82) is 0 Å². The third kappa shape index (κ3) is 1.62. The fourth-order valence-electron chi connectivity index (χ4n) is 2.12. The van der Waals surface area contributed by atoms with Crippen LogP contribution in [0.25, 0.3) is 21.9 Å². The summed E-state index contributed by atoms with van der Waals surface area (Å²) >= 11 is 0. The van der Waals surface area contributed by atoms with Crippen LogP contribution in [0.1, 0.15) is 0 Å². The van der Waals surface area contributed by atoms with Crippen molar-refractivity contribution in [2.24, 2.45) is 0 Å². The van der Waals surface area contributed by atoms with Gasteiger partial charge in [0.25, 0.3) is 0 Å². The van der Waals surface area contributed by atoms with E-state index in [9.17, 15) is 20.1 Å². The molecule has 1 heterocycles. The fraction of sp³-hybridized carbons (Fsp3) is 0.0714. The Morgan fingerprint density at radius 2 is 1.75 bits per heavy atom. The standard InChI is InChI=1S/C14H10O6/c1-19-11-5-10-7(4-8(11)16)14(18)13-9(17)2-6(15)3-12(13)20-10/h2-5,15-17H,1H3. The highest BCUT2D eigenvalue weighted by atomic mass is 16.5. The highest BCUT2D eigenvalue weighted by molar-refractivity contribution is 5.94. The summed E-state index contributed by atoms with van der Waals surface area (Å²) in [7, 11) is 1.37. The molecule has 0 saturated heterocycles. The molecule has 0 aliphatic carbocycles. The number of hydrogen-bond donors (Lipinski definition) is 3. The number of hydrogen-bond acceptors (Lipinski definition) is 6. The van der Waals surface area contributed by atoms with Gasteiger partial charge in [0.2, 0.25) is 5.43 Å². The van der Waals surface area contributed by atoms with Crippen LogP contribution in [-0.4, -0.2) is 22.4 Å². The van der Waals surface area contributed by atoms with Crippen molar-refractivity contribution in [3.05, 3.63) is 34.5 Å². The van der Waals surface area contributed by atoms with Crippen molar-refractivity contribution in [1.82, 2.24) is 0 Å². The number of phenolic OH excluding ortho intramolecular Hbond substituents is 3. The zero-order valence-electron chi connectivity index (χ0n) is 10.4. The van der Waals surface area contributed by atoms with Gasteiger partial charge >= 0.3 is 0 Å². The second-order valence-electron chi connectivity index (χ2n) is 4.29. The molecule has 6 nitrogen and oxygen atoms in total. The van der Waals surface area contributed by atoms with Crippen LogP contribution in [0.5, 0.6) is 23.0 Å². The van der Waals surface area contributed by atoms with Crippen molar-refractivity contribution in [2.45, 2.75) is 0 Å². The molecule has 0 spiro atoms. The van der Waals surface area contributed by atoms with Crippen molar-refractivity contribution in [3.63, 3.8) is 0 Å². The molecule has 0 bridgehead atoms. The summed E-state index contributed by atoms with van der Waals surface area (Å²) in [5, 5.41) is 29.0. The number of aromatic hydroxyl groups is 3. The van der Waals surface area contributed by atoms with E-state index in [0.717, 1.165) is 6.07 Å². The van der Waals surface area contributed by atoms with E-state index in [0.29, 0.717) is 0 Å². The number of fused-ring (bicyclic) bond motifs is 2. The lowest BCUT2D eigenvalue weighted by atomic mass is 10.1. The second-order valence-corrected chi connectivity index (χ2v) is 4.29. The maximum Gasteiger partial charge on any atom is 0.204 e. The topological polar surface area (TPSA) is 100 Å². The highest BCUT2D eigenvalue weighted by Gasteiger charge is 2.15. The van der Waals surface area contributed by atoms with Gasteiger partial charge in [0, 0.05) is 18.2 Å². The van der Waals surface area contributed by atoms with Crippen LogP contribution < -0.4 is 10.2 Å². The molecule has 2 aromatic carbocycles. The second kappa shape index (κ2) is 4.06. The predicted molar refractivity (Wildman–Crippen MR) is 71.5 cm³/mol. The van der Waals surface area contributed by atoms with Gasteiger partial charge in [0.15, 0.2) is 11.5 Å². The molecule has 3 rings (SSSR count). The first-order valence-corrected chi connectivity index (χ1v) is 5.70. The molecular weight excluding hydrogens is 264 g/mol. The van der Waals surface area contributed by atoms with Crippen molar-refractivity contribution in [2.75, 3.05) is 7.11 Å². The lowest BCUT2D eigenvalue weighted by Gasteiger charge is -2.07. The number of ether oxygens (including phenoxy) is 1. The minimum Gasteiger partial charge on any atom is -0.508 e. The Morgan fingerprint density at radius 1 is 1.00 bits per heavy atom. The van der Waals surface area contributed by atoms with Crippen LogP contribution in [0.2, 0.25) is 0 Å². The summed E-state index contributed by atoms with van der Waals surface area (Å²) in [6, 6.07) is 4.86. The monoisotopic (exact) mass is 274 g/mol. The molecule has 0 unspecified atom stereocenters. The van der Waals surface area contributed by atoms with Gasteiger partial charge < -0.3 is 24.5 Å². The average molecular weight is 274 g/mol.